The van der Waals surface area contributed by atoms with Gasteiger partial charge in [-0.1, -0.05) is 12.1 Å². The summed E-state index contributed by atoms with van der Waals surface area (Å²) < 4.78 is 2.09. The van der Waals surface area contributed by atoms with E-state index >= 15 is 0 Å². The van der Waals surface area contributed by atoms with Crippen molar-refractivity contribution in [2.45, 2.75) is 18.9 Å². The average molecular weight is 346 g/mol. The Morgan fingerprint density at radius 3 is 2.69 bits per heavy atom. The maximum Gasteiger partial charge on any atom is 0.173 e. The molecule has 1 aliphatic heterocycles. The summed E-state index contributed by atoms with van der Waals surface area (Å²) >= 11 is 0. The van der Waals surface area contributed by atoms with E-state index in [-0.39, 0.29) is 0 Å². The third-order valence-corrected chi connectivity index (χ3v) is 5.05. The lowest BCUT2D eigenvalue weighted by Crippen LogP contribution is -2.40. The van der Waals surface area contributed by atoms with Crippen molar-refractivity contribution in [3.8, 4) is 17.3 Å². The quantitative estimate of drug-likeness (QED) is 0.789. The summed E-state index contributed by atoms with van der Waals surface area (Å²) in [6.07, 6.45) is 4.38. The Bertz CT molecular complexity index is 966. The molecule has 4 rings (SSSR count). The lowest BCUT2D eigenvalue weighted by Gasteiger charge is -2.30. The van der Waals surface area contributed by atoms with Crippen LogP contribution in [0.4, 0.5) is 5.82 Å². The molecule has 0 aliphatic carbocycles. The van der Waals surface area contributed by atoms with Crippen LogP contribution in [0.15, 0.2) is 36.5 Å². The molecule has 0 unspecified atom stereocenters. The van der Waals surface area contributed by atoms with Gasteiger partial charge in [0.1, 0.15) is 5.69 Å². The van der Waals surface area contributed by atoms with Gasteiger partial charge in [-0.25, -0.2) is 0 Å². The number of nitrogens with one attached hydrogen (secondary N) is 1. The standard InChI is InChI=1S/C20H22N6/c1-25-10-3-4-16(13-25)22-20-19-17(9-11-26(19)2)18(23-24-20)15-7-5-14(12-21)6-8-15/h5-9,11,16H,3-4,10,13H2,1-2H3,(H,22,24)/t16-/m1/s1. The number of rotatable bonds is 3. The highest BCUT2D eigenvalue weighted by molar-refractivity contribution is 5.98. The molecule has 3 aromatic rings. The van der Waals surface area contributed by atoms with Crippen molar-refractivity contribution in [3.63, 3.8) is 0 Å². The van der Waals surface area contributed by atoms with Gasteiger partial charge in [0.05, 0.1) is 17.1 Å². The van der Waals surface area contributed by atoms with Gasteiger partial charge < -0.3 is 14.8 Å². The van der Waals surface area contributed by atoms with Crippen LogP contribution in [-0.4, -0.2) is 45.8 Å². The van der Waals surface area contributed by atoms with E-state index in [4.69, 9.17) is 5.26 Å². The van der Waals surface area contributed by atoms with Crippen molar-refractivity contribution >= 4 is 16.7 Å². The molecule has 1 aliphatic rings. The largest absolute Gasteiger partial charge is 0.363 e. The summed E-state index contributed by atoms with van der Waals surface area (Å²) in [6, 6.07) is 12.1. The second-order valence-corrected chi connectivity index (χ2v) is 7.02. The number of nitrogens with zero attached hydrogens (tertiary/aromatic N) is 5. The predicted octanol–water partition coefficient (Wildman–Crippen LogP) is 3.01. The molecular weight excluding hydrogens is 324 g/mol. The Balaban J connectivity index is 1.73. The van der Waals surface area contributed by atoms with Crippen LogP contribution < -0.4 is 5.32 Å². The Kier molecular flexibility index (Phi) is 4.31. The van der Waals surface area contributed by atoms with E-state index in [9.17, 15) is 0 Å². The molecule has 1 saturated heterocycles. The first kappa shape index (κ1) is 16.6. The van der Waals surface area contributed by atoms with Gasteiger partial charge in [-0.15, -0.1) is 10.2 Å². The summed E-state index contributed by atoms with van der Waals surface area (Å²) in [4.78, 5) is 2.35. The Hall–Kier alpha value is -2.91. The zero-order chi connectivity index (χ0) is 18.1. The molecule has 26 heavy (non-hydrogen) atoms. The monoisotopic (exact) mass is 346 g/mol. The second kappa shape index (κ2) is 6.77. The van der Waals surface area contributed by atoms with Gasteiger partial charge in [-0.3, -0.25) is 0 Å². The topological polar surface area (TPSA) is 69.8 Å². The van der Waals surface area contributed by atoms with E-state index < -0.39 is 0 Å². The molecule has 1 N–H and O–H groups in total. The van der Waals surface area contributed by atoms with Gasteiger partial charge in [-0.05, 0) is 44.6 Å². The molecule has 132 valence electrons. The first-order valence-electron chi connectivity index (χ1n) is 8.93. The molecule has 0 radical (unpaired) electrons. The minimum Gasteiger partial charge on any atom is -0.363 e. The summed E-state index contributed by atoms with van der Waals surface area (Å²) in [6.45, 7) is 2.17. The number of likely N-dealkylation sites (N-methyl/N-ethyl adjacent to an activating group) is 1. The van der Waals surface area contributed by atoms with Crippen LogP contribution in [0.5, 0.6) is 0 Å². The van der Waals surface area contributed by atoms with Crippen LogP contribution in [0, 0.1) is 11.3 Å². The number of aromatic nitrogens is 3. The van der Waals surface area contributed by atoms with Crippen LogP contribution in [0.25, 0.3) is 22.2 Å². The van der Waals surface area contributed by atoms with Crippen molar-refractivity contribution in [2.24, 2.45) is 7.05 Å². The Morgan fingerprint density at radius 1 is 1.15 bits per heavy atom. The normalized spacial score (nSPS) is 18.0. The maximum absolute atomic E-state index is 8.99. The number of benzene rings is 1. The maximum atomic E-state index is 8.99. The molecule has 0 amide bonds. The molecule has 1 atom stereocenters. The Labute approximate surface area is 153 Å². The van der Waals surface area contributed by atoms with Crippen molar-refractivity contribution in [1.29, 1.82) is 5.26 Å². The first-order valence-corrected chi connectivity index (χ1v) is 8.93. The van der Waals surface area contributed by atoms with Gasteiger partial charge >= 0.3 is 0 Å². The molecule has 2 aromatic heterocycles. The number of hydrogen-bond donors (Lipinski definition) is 1. The van der Waals surface area contributed by atoms with Crippen LogP contribution in [0.1, 0.15) is 18.4 Å². The molecule has 0 spiro atoms. The number of aryl methyl sites for hydroxylation is 1. The first-order chi connectivity index (χ1) is 12.7. The highest BCUT2D eigenvalue weighted by Gasteiger charge is 2.20. The molecule has 1 aromatic carbocycles. The fraction of sp³-hybridized carbons (Fsp3) is 0.350. The minimum atomic E-state index is 0.391. The van der Waals surface area contributed by atoms with Crippen LogP contribution in [-0.2, 0) is 7.05 Å². The van der Waals surface area contributed by atoms with E-state index in [1.807, 2.05) is 37.5 Å². The number of fused-ring (bicyclic) bond motifs is 1. The highest BCUT2D eigenvalue weighted by atomic mass is 15.2. The van der Waals surface area contributed by atoms with Gasteiger partial charge in [-0.2, -0.15) is 5.26 Å². The number of nitriles is 1. The molecule has 0 bridgehead atoms. The summed E-state index contributed by atoms with van der Waals surface area (Å²) in [5.41, 5.74) is 3.52. The third kappa shape index (κ3) is 3.02. The molecule has 6 nitrogen and oxygen atoms in total. The van der Waals surface area contributed by atoms with Gasteiger partial charge in [0.15, 0.2) is 5.82 Å². The summed E-state index contributed by atoms with van der Waals surface area (Å²) in [7, 11) is 4.19. The van der Waals surface area contributed by atoms with Gasteiger partial charge in [0.25, 0.3) is 0 Å². The Morgan fingerprint density at radius 2 is 1.96 bits per heavy atom. The van der Waals surface area contributed by atoms with E-state index in [1.165, 1.54) is 6.42 Å². The number of hydrogen-bond acceptors (Lipinski definition) is 5. The minimum absolute atomic E-state index is 0.391. The van der Waals surface area contributed by atoms with Crippen molar-refractivity contribution in [1.82, 2.24) is 19.7 Å². The number of anilines is 1. The molecule has 6 heteroatoms. The molecule has 1 fully saturated rings. The van der Waals surface area contributed by atoms with Crippen molar-refractivity contribution in [2.75, 3.05) is 25.5 Å². The summed E-state index contributed by atoms with van der Waals surface area (Å²) in [5, 5.41) is 22.7. The third-order valence-electron chi connectivity index (χ3n) is 5.05. The van der Waals surface area contributed by atoms with Crippen LogP contribution in [0.3, 0.4) is 0 Å². The lowest BCUT2D eigenvalue weighted by molar-refractivity contribution is 0.261. The van der Waals surface area contributed by atoms with E-state index in [2.05, 4.69) is 44.2 Å². The fourth-order valence-corrected chi connectivity index (χ4v) is 3.71. The lowest BCUT2D eigenvalue weighted by atomic mass is 10.1. The van der Waals surface area contributed by atoms with Gasteiger partial charge in [0, 0.05) is 36.8 Å². The zero-order valence-electron chi connectivity index (χ0n) is 15.1. The van der Waals surface area contributed by atoms with E-state index in [0.29, 0.717) is 11.6 Å². The van der Waals surface area contributed by atoms with E-state index in [1.54, 1.807) is 0 Å². The smallest absolute Gasteiger partial charge is 0.173 e. The predicted molar refractivity (Wildman–Crippen MR) is 103 cm³/mol. The molecule has 0 saturated carbocycles. The number of piperidine rings is 1. The van der Waals surface area contributed by atoms with Crippen LogP contribution >= 0.6 is 0 Å². The molecule has 3 heterocycles. The zero-order valence-corrected chi connectivity index (χ0v) is 15.1. The number of likely N-dealkylation sites (tertiary alicyclic amines) is 1. The highest BCUT2D eigenvalue weighted by Crippen LogP contribution is 2.31. The molecular formula is C20H22N6. The van der Waals surface area contributed by atoms with Crippen molar-refractivity contribution < 1.29 is 0 Å². The fourth-order valence-electron chi connectivity index (χ4n) is 3.71. The van der Waals surface area contributed by atoms with Crippen molar-refractivity contribution in [3.05, 3.63) is 42.1 Å². The summed E-state index contributed by atoms with van der Waals surface area (Å²) in [5.74, 6) is 0.838. The van der Waals surface area contributed by atoms with Gasteiger partial charge in [0.2, 0.25) is 0 Å². The van der Waals surface area contributed by atoms with Crippen LogP contribution in [0.2, 0.25) is 0 Å². The van der Waals surface area contributed by atoms with E-state index in [0.717, 1.165) is 47.5 Å². The SMILES string of the molecule is CN1CCC[C@@H](Nc2nnc(-c3ccc(C#N)cc3)c3ccn(C)c23)C1. The second-order valence-electron chi connectivity index (χ2n) is 7.02. The average Bonchev–Trinajstić information content (AvgIpc) is 3.05.